The highest BCUT2D eigenvalue weighted by Gasteiger charge is 2.24. The van der Waals surface area contributed by atoms with E-state index in [-0.39, 0.29) is 17.4 Å². The number of benzene rings is 2. The van der Waals surface area contributed by atoms with Crippen molar-refractivity contribution in [3.8, 4) is 0 Å². The molecule has 0 radical (unpaired) electrons. The quantitative estimate of drug-likeness (QED) is 0.751. The Hall–Kier alpha value is -3.54. The molecule has 0 unspecified atom stereocenters. The molecule has 1 aliphatic heterocycles. The molecule has 2 amide bonds. The highest BCUT2D eigenvalue weighted by atomic mass is 19.1. The minimum atomic E-state index is -0.456. The lowest BCUT2D eigenvalue weighted by atomic mass is 10.00. The van der Waals surface area contributed by atoms with Gasteiger partial charge in [-0.25, -0.2) is 4.39 Å². The van der Waals surface area contributed by atoms with Gasteiger partial charge in [0.15, 0.2) is 0 Å². The fourth-order valence-electron chi connectivity index (χ4n) is 3.36. The van der Waals surface area contributed by atoms with Gasteiger partial charge in [-0.15, -0.1) is 0 Å². The number of rotatable bonds is 3. The molecular weight excluding hydrogens is 357 g/mol. The van der Waals surface area contributed by atoms with E-state index >= 15 is 0 Å². The lowest BCUT2D eigenvalue weighted by Gasteiger charge is -2.30. The summed E-state index contributed by atoms with van der Waals surface area (Å²) in [6.07, 6.45) is 4.84. The minimum absolute atomic E-state index is 0.0920. The number of pyridine rings is 1. The molecule has 0 bridgehead atoms. The Kier molecular flexibility index (Phi) is 4.85. The maximum atomic E-state index is 13.3. The van der Waals surface area contributed by atoms with Gasteiger partial charge < -0.3 is 10.2 Å². The third-order valence-electron chi connectivity index (χ3n) is 4.70. The number of carbonyl (C=O) groups is 2. The molecule has 2 aromatic carbocycles. The second kappa shape index (κ2) is 7.60. The van der Waals surface area contributed by atoms with E-state index in [1.54, 1.807) is 41.6 Å². The van der Waals surface area contributed by atoms with Crippen LogP contribution in [0, 0.1) is 5.82 Å². The summed E-state index contributed by atoms with van der Waals surface area (Å²) in [5, 5.41) is 2.79. The van der Waals surface area contributed by atoms with E-state index < -0.39 is 5.82 Å². The average Bonchev–Trinajstić information content (AvgIpc) is 2.73. The predicted octanol–water partition coefficient (Wildman–Crippen LogP) is 4.07. The van der Waals surface area contributed by atoms with Gasteiger partial charge in [-0.05, 0) is 66.9 Å². The Morgan fingerprint density at radius 2 is 1.89 bits per heavy atom. The van der Waals surface area contributed by atoms with Crippen molar-refractivity contribution in [1.29, 1.82) is 0 Å². The van der Waals surface area contributed by atoms with E-state index in [4.69, 9.17) is 0 Å². The Balaban J connectivity index is 1.56. The van der Waals surface area contributed by atoms with Crippen molar-refractivity contribution in [3.63, 3.8) is 0 Å². The number of carbonyl (C=O) groups excluding carboxylic acids is 2. The van der Waals surface area contributed by atoms with Gasteiger partial charge in [-0.2, -0.15) is 0 Å². The van der Waals surface area contributed by atoms with E-state index in [2.05, 4.69) is 10.3 Å². The molecule has 0 saturated carbocycles. The van der Waals surface area contributed by atoms with E-state index in [0.717, 1.165) is 24.1 Å². The summed E-state index contributed by atoms with van der Waals surface area (Å²) >= 11 is 0. The maximum absolute atomic E-state index is 13.3. The van der Waals surface area contributed by atoms with Crippen LogP contribution >= 0.6 is 0 Å². The topological polar surface area (TPSA) is 62.3 Å². The summed E-state index contributed by atoms with van der Waals surface area (Å²) in [6, 6.07) is 14.5. The van der Waals surface area contributed by atoms with Crippen LogP contribution < -0.4 is 10.2 Å². The lowest BCUT2D eigenvalue weighted by molar-refractivity contribution is 0.0983. The van der Waals surface area contributed by atoms with E-state index in [9.17, 15) is 14.0 Å². The number of nitrogens with one attached hydrogen (secondary N) is 1. The second-order valence-electron chi connectivity index (χ2n) is 6.61. The summed E-state index contributed by atoms with van der Waals surface area (Å²) in [5.74, 6) is -0.924. The fourth-order valence-corrected chi connectivity index (χ4v) is 3.36. The normalized spacial score (nSPS) is 13.0. The molecule has 0 fully saturated rings. The first-order valence-electron chi connectivity index (χ1n) is 9.03. The number of anilines is 2. The van der Waals surface area contributed by atoms with Gasteiger partial charge in [0.2, 0.25) is 0 Å². The zero-order chi connectivity index (χ0) is 19.5. The molecule has 0 aliphatic carbocycles. The minimum Gasteiger partial charge on any atom is -0.322 e. The molecule has 0 spiro atoms. The molecule has 3 aromatic rings. The highest BCUT2D eigenvalue weighted by Crippen LogP contribution is 2.31. The zero-order valence-corrected chi connectivity index (χ0v) is 15.1. The van der Waals surface area contributed by atoms with Crippen molar-refractivity contribution < 1.29 is 14.0 Å². The van der Waals surface area contributed by atoms with Crippen LogP contribution in [-0.4, -0.2) is 23.3 Å². The zero-order valence-electron chi connectivity index (χ0n) is 15.1. The monoisotopic (exact) mass is 375 g/mol. The van der Waals surface area contributed by atoms with Crippen molar-refractivity contribution in [2.24, 2.45) is 0 Å². The number of aromatic nitrogens is 1. The Labute approximate surface area is 161 Å². The first-order valence-corrected chi connectivity index (χ1v) is 9.03. The number of nitrogens with zero attached hydrogens (tertiary/aromatic N) is 2. The molecule has 0 atom stereocenters. The van der Waals surface area contributed by atoms with Gasteiger partial charge in [0.1, 0.15) is 5.82 Å². The number of aryl methyl sites for hydroxylation is 1. The molecule has 5 nitrogen and oxygen atoms in total. The van der Waals surface area contributed by atoms with Crippen LogP contribution in [0.1, 0.15) is 32.7 Å². The van der Waals surface area contributed by atoms with Crippen molar-refractivity contribution in [3.05, 3.63) is 89.5 Å². The third kappa shape index (κ3) is 3.62. The maximum Gasteiger partial charge on any atom is 0.259 e. The smallest absolute Gasteiger partial charge is 0.259 e. The molecule has 0 saturated heterocycles. The molecule has 6 heteroatoms. The van der Waals surface area contributed by atoms with E-state index in [1.807, 2.05) is 12.1 Å². The van der Waals surface area contributed by atoms with Gasteiger partial charge in [0.25, 0.3) is 11.8 Å². The highest BCUT2D eigenvalue weighted by molar-refractivity contribution is 6.07. The van der Waals surface area contributed by atoms with Crippen molar-refractivity contribution in [1.82, 2.24) is 4.98 Å². The largest absolute Gasteiger partial charge is 0.322 e. The van der Waals surface area contributed by atoms with Crippen LogP contribution in [0.2, 0.25) is 0 Å². The fraction of sp³-hybridized carbons (Fsp3) is 0.136. The number of hydrogen-bond donors (Lipinski definition) is 1. The average molecular weight is 375 g/mol. The molecule has 28 heavy (non-hydrogen) atoms. The molecule has 4 rings (SSSR count). The molecule has 140 valence electrons. The van der Waals surface area contributed by atoms with Crippen molar-refractivity contribution in [2.75, 3.05) is 16.8 Å². The first kappa shape index (κ1) is 17.9. The Morgan fingerprint density at radius 1 is 1.04 bits per heavy atom. The van der Waals surface area contributed by atoms with Gasteiger partial charge in [-0.1, -0.05) is 6.07 Å². The summed E-state index contributed by atoms with van der Waals surface area (Å²) < 4.78 is 13.3. The van der Waals surface area contributed by atoms with Gasteiger partial charge in [0, 0.05) is 35.9 Å². The van der Waals surface area contributed by atoms with Crippen LogP contribution in [0.25, 0.3) is 0 Å². The molecule has 1 N–H and O–H groups in total. The van der Waals surface area contributed by atoms with Crippen LogP contribution in [-0.2, 0) is 6.42 Å². The number of hydrogen-bond acceptors (Lipinski definition) is 3. The Morgan fingerprint density at radius 3 is 2.68 bits per heavy atom. The lowest BCUT2D eigenvalue weighted by Crippen LogP contribution is -2.35. The van der Waals surface area contributed by atoms with E-state index in [1.165, 1.54) is 18.2 Å². The third-order valence-corrected chi connectivity index (χ3v) is 4.70. The molecule has 1 aliphatic rings. The number of halogens is 1. The van der Waals surface area contributed by atoms with Crippen molar-refractivity contribution >= 4 is 23.2 Å². The Bertz CT molecular complexity index is 1040. The number of fused-ring (bicyclic) bond motifs is 1. The van der Waals surface area contributed by atoms with Crippen molar-refractivity contribution in [2.45, 2.75) is 12.8 Å². The number of amides is 2. The van der Waals surface area contributed by atoms with Gasteiger partial charge in [-0.3, -0.25) is 14.6 Å². The van der Waals surface area contributed by atoms with Crippen LogP contribution in [0.15, 0.2) is 67.0 Å². The van der Waals surface area contributed by atoms with Crippen LogP contribution in [0.5, 0.6) is 0 Å². The molecule has 2 heterocycles. The summed E-state index contributed by atoms with van der Waals surface area (Å²) in [7, 11) is 0. The van der Waals surface area contributed by atoms with Gasteiger partial charge in [0.05, 0.1) is 5.56 Å². The predicted molar refractivity (Wildman–Crippen MR) is 105 cm³/mol. The van der Waals surface area contributed by atoms with E-state index in [0.29, 0.717) is 17.8 Å². The summed E-state index contributed by atoms with van der Waals surface area (Å²) in [6.45, 7) is 0.635. The second-order valence-corrected chi connectivity index (χ2v) is 6.61. The molecular formula is C22H18FN3O2. The summed E-state index contributed by atoms with van der Waals surface area (Å²) in [4.78, 5) is 30.9. The molecule has 1 aromatic heterocycles. The van der Waals surface area contributed by atoms with Gasteiger partial charge >= 0.3 is 0 Å². The first-order chi connectivity index (χ1) is 13.6. The van der Waals surface area contributed by atoms with Crippen LogP contribution in [0.3, 0.4) is 0 Å². The summed E-state index contributed by atoms with van der Waals surface area (Å²) in [5.41, 5.74) is 3.23. The standard InChI is InChI=1S/C22H18FN3O2/c23-18-7-1-4-16(12-18)21(27)25-19-8-9-20-15(13-19)6-3-11-26(20)22(28)17-5-2-10-24-14-17/h1-2,4-5,7-10,12-14H,3,6,11H2,(H,25,27). The van der Waals surface area contributed by atoms with Crippen LogP contribution in [0.4, 0.5) is 15.8 Å². The SMILES string of the molecule is O=C(Nc1ccc2c(c1)CCCN2C(=O)c1cccnc1)c1cccc(F)c1.